The van der Waals surface area contributed by atoms with E-state index in [9.17, 15) is 0 Å². The van der Waals surface area contributed by atoms with Crippen molar-refractivity contribution in [3.8, 4) is 0 Å². The van der Waals surface area contributed by atoms with Crippen LogP contribution < -0.4 is 5.32 Å². The van der Waals surface area contributed by atoms with Crippen LogP contribution in [0, 0.1) is 6.92 Å². The second-order valence-electron chi connectivity index (χ2n) is 4.67. The van der Waals surface area contributed by atoms with Gasteiger partial charge in [-0.25, -0.2) is 0 Å². The van der Waals surface area contributed by atoms with Crippen LogP contribution in [0.1, 0.15) is 18.1 Å². The smallest absolute Gasteiger partial charge is 0.0435 e. The van der Waals surface area contributed by atoms with Gasteiger partial charge in [-0.1, -0.05) is 23.7 Å². The summed E-state index contributed by atoms with van der Waals surface area (Å²) in [5.74, 6) is 0. The first-order valence-electron chi connectivity index (χ1n) is 5.86. The Balaban J connectivity index is 0.00000144. The number of hydrogen-bond acceptors (Lipinski definition) is 2. The summed E-state index contributed by atoms with van der Waals surface area (Å²) in [7, 11) is 0. The number of rotatable bonds is 2. The summed E-state index contributed by atoms with van der Waals surface area (Å²) >= 11 is 6.02. The van der Waals surface area contributed by atoms with Gasteiger partial charge in [0, 0.05) is 37.2 Å². The molecule has 1 saturated heterocycles. The highest BCUT2D eigenvalue weighted by atomic mass is 35.5. The molecule has 1 aliphatic heterocycles. The Labute approximate surface area is 115 Å². The lowest BCUT2D eigenvalue weighted by atomic mass is 10.1. The first-order chi connectivity index (χ1) is 7.65. The molecule has 17 heavy (non-hydrogen) atoms. The lowest BCUT2D eigenvalue weighted by molar-refractivity contribution is 0.199. The molecule has 0 aromatic heterocycles. The number of nitrogens with zero attached hydrogens (tertiary/aromatic N) is 1. The molecule has 4 heteroatoms. The SMILES string of the molecule is Cc1cc(CN2CCN[C@H](C)C2)ccc1Cl.Cl. The Morgan fingerprint density at radius 1 is 1.47 bits per heavy atom. The first-order valence-corrected chi connectivity index (χ1v) is 6.24. The van der Waals surface area contributed by atoms with Crippen molar-refractivity contribution in [3.63, 3.8) is 0 Å². The molecule has 0 aliphatic carbocycles. The number of hydrogen-bond donors (Lipinski definition) is 1. The van der Waals surface area contributed by atoms with Crippen LogP contribution >= 0.6 is 24.0 Å². The second-order valence-corrected chi connectivity index (χ2v) is 5.08. The third kappa shape index (κ3) is 4.14. The standard InChI is InChI=1S/C13H19ClN2.ClH/c1-10-7-12(3-4-13(10)14)9-16-6-5-15-11(2)8-16;/h3-4,7,11,15H,5-6,8-9H2,1-2H3;1H/t11-;/m1./s1. The molecular formula is C13H20Cl2N2. The third-order valence-electron chi connectivity index (χ3n) is 3.08. The Kier molecular flexibility index (Phi) is 5.74. The summed E-state index contributed by atoms with van der Waals surface area (Å²) in [5, 5.41) is 4.31. The monoisotopic (exact) mass is 274 g/mol. The van der Waals surface area contributed by atoms with E-state index in [1.165, 1.54) is 11.1 Å². The molecule has 1 aliphatic rings. The zero-order valence-electron chi connectivity index (χ0n) is 10.4. The van der Waals surface area contributed by atoms with Crippen molar-refractivity contribution in [2.45, 2.75) is 26.4 Å². The van der Waals surface area contributed by atoms with Crippen molar-refractivity contribution in [1.29, 1.82) is 0 Å². The average Bonchev–Trinajstić information content (AvgIpc) is 2.24. The van der Waals surface area contributed by atoms with Gasteiger partial charge in [-0.3, -0.25) is 4.90 Å². The van der Waals surface area contributed by atoms with Gasteiger partial charge >= 0.3 is 0 Å². The molecule has 0 radical (unpaired) electrons. The van der Waals surface area contributed by atoms with Gasteiger partial charge in [0.25, 0.3) is 0 Å². The fourth-order valence-corrected chi connectivity index (χ4v) is 2.34. The molecule has 2 rings (SSSR count). The number of aryl methyl sites for hydroxylation is 1. The van der Waals surface area contributed by atoms with Crippen LogP contribution in [0.25, 0.3) is 0 Å². The summed E-state index contributed by atoms with van der Waals surface area (Å²) in [4.78, 5) is 2.49. The van der Waals surface area contributed by atoms with E-state index in [0.717, 1.165) is 31.2 Å². The van der Waals surface area contributed by atoms with Gasteiger partial charge in [-0.15, -0.1) is 12.4 Å². The average molecular weight is 275 g/mol. The number of benzene rings is 1. The Morgan fingerprint density at radius 2 is 2.24 bits per heavy atom. The van der Waals surface area contributed by atoms with E-state index < -0.39 is 0 Å². The lowest BCUT2D eigenvalue weighted by Gasteiger charge is -2.31. The molecule has 1 aromatic rings. The van der Waals surface area contributed by atoms with E-state index in [1.807, 2.05) is 6.07 Å². The molecule has 1 fully saturated rings. The highest BCUT2D eigenvalue weighted by Gasteiger charge is 2.15. The molecule has 1 N–H and O–H groups in total. The maximum absolute atomic E-state index is 6.02. The quantitative estimate of drug-likeness (QED) is 0.892. The minimum absolute atomic E-state index is 0. The van der Waals surface area contributed by atoms with Gasteiger partial charge < -0.3 is 5.32 Å². The third-order valence-corrected chi connectivity index (χ3v) is 3.51. The van der Waals surface area contributed by atoms with E-state index in [4.69, 9.17) is 11.6 Å². The minimum atomic E-state index is 0. The molecule has 96 valence electrons. The van der Waals surface area contributed by atoms with Crippen molar-refractivity contribution in [3.05, 3.63) is 34.3 Å². The van der Waals surface area contributed by atoms with Gasteiger partial charge in [0.05, 0.1) is 0 Å². The fraction of sp³-hybridized carbons (Fsp3) is 0.538. The van der Waals surface area contributed by atoms with Crippen molar-refractivity contribution in [1.82, 2.24) is 10.2 Å². The molecule has 0 spiro atoms. The van der Waals surface area contributed by atoms with E-state index in [0.29, 0.717) is 6.04 Å². The highest BCUT2D eigenvalue weighted by Crippen LogP contribution is 2.17. The molecule has 0 bridgehead atoms. The molecule has 2 nitrogen and oxygen atoms in total. The number of piperazine rings is 1. The van der Waals surface area contributed by atoms with Gasteiger partial charge in [-0.05, 0) is 31.0 Å². The molecule has 0 unspecified atom stereocenters. The topological polar surface area (TPSA) is 15.3 Å². The zero-order valence-corrected chi connectivity index (χ0v) is 11.9. The number of halogens is 2. The molecule has 0 saturated carbocycles. The summed E-state index contributed by atoms with van der Waals surface area (Å²) in [6, 6.07) is 6.91. The highest BCUT2D eigenvalue weighted by molar-refractivity contribution is 6.31. The maximum Gasteiger partial charge on any atom is 0.0435 e. The first kappa shape index (κ1) is 14.8. The van der Waals surface area contributed by atoms with Crippen LogP contribution in [-0.4, -0.2) is 30.6 Å². The van der Waals surface area contributed by atoms with Crippen LogP contribution in [0.3, 0.4) is 0 Å². The van der Waals surface area contributed by atoms with E-state index >= 15 is 0 Å². The van der Waals surface area contributed by atoms with Crippen LogP contribution in [0.4, 0.5) is 0 Å². The maximum atomic E-state index is 6.02. The Bertz CT molecular complexity index is 368. The van der Waals surface area contributed by atoms with E-state index in [-0.39, 0.29) is 12.4 Å². The Morgan fingerprint density at radius 3 is 2.88 bits per heavy atom. The van der Waals surface area contributed by atoms with Crippen LogP contribution in [0.2, 0.25) is 5.02 Å². The van der Waals surface area contributed by atoms with Gasteiger partial charge in [0.15, 0.2) is 0 Å². The van der Waals surface area contributed by atoms with Crippen molar-refractivity contribution < 1.29 is 0 Å². The molecule has 1 atom stereocenters. The Hall–Kier alpha value is -0.280. The lowest BCUT2D eigenvalue weighted by Crippen LogP contribution is -2.48. The van der Waals surface area contributed by atoms with Crippen LogP contribution in [-0.2, 0) is 6.54 Å². The van der Waals surface area contributed by atoms with Gasteiger partial charge in [0.1, 0.15) is 0 Å². The molecule has 0 amide bonds. The summed E-state index contributed by atoms with van der Waals surface area (Å²) < 4.78 is 0. The van der Waals surface area contributed by atoms with Crippen molar-refractivity contribution in [2.24, 2.45) is 0 Å². The summed E-state index contributed by atoms with van der Waals surface area (Å²) in [6.45, 7) is 8.68. The summed E-state index contributed by atoms with van der Waals surface area (Å²) in [6.07, 6.45) is 0. The largest absolute Gasteiger partial charge is 0.312 e. The number of nitrogens with one attached hydrogen (secondary N) is 1. The zero-order chi connectivity index (χ0) is 11.5. The van der Waals surface area contributed by atoms with Gasteiger partial charge in [-0.2, -0.15) is 0 Å². The molecule has 1 heterocycles. The van der Waals surface area contributed by atoms with Crippen LogP contribution in [0.15, 0.2) is 18.2 Å². The second kappa shape index (κ2) is 6.60. The van der Waals surface area contributed by atoms with Crippen molar-refractivity contribution >= 4 is 24.0 Å². The van der Waals surface area contributed by atoms with E-state index in [1.54, 1.807) is 0 Å². The molecular weight excluding hydrogens is 255 g/mol. The fourth-order valence-electron chi connectivity index (χ4n) is 2.22. The minimum Gasteiger partial charge on any atom is -0.312 e. The van der Waals surface area contributed by atoms with Crippen LogP contribution in [0.5, 0.6) is 0 Å². The van der Waals surface area contributed by atoms with Crippen molar-refractivity contribution in [2.75, 3.05) is 19.6 Å². The predicted octanol–water partition coefficient (Wildman–Crippen LogP) is 2.86. The molecule has 1 aromatic carbocycles. The normalized spacial score (nSPS) is 21.0. The van der Waals surface area contributed by atoms with Gasteiger partial charge in [0.2, 0.25) is 0 Å². The predicted molar refractivity (Wildman–Crippen MR) is 76.2 cm³/mol. The summed E-state index contributed by atoms with van der Waals surface area (Å²) in [5.41, 5.74) is 2.53. The van der Waals surface area contributed by atoms with E-state index in [2.05, 4.69) is 36.2 Å².